The molecule has 0 fully saturated rings. The molecule has 0 unspecified atom stereocenters. The van der Waals surface area contributed by atoms with Crippen LogP contribution in [0.1, 0.15) is 26.6 Å². The predicted octanol–water partition coefficient (Wildman–Crippen LogP) is 4.04. The predicted molar refractivity (Wildman–Crippen MR) is 108 cm³/mol. The Balaban J connectivity index is 1.55. The molecule has 1 aromatic heterocycles. The van der Waals surface area contributed by atoms with Gasteiger partial charge in [-0.25, -0.2) is 9.78 Å². The second-order valence-electron chi connectivity index (χ2n) is 6.27. The maximum Gasteiger partial charge on any atom is 0.338 e. The van der Waals surface area contributed by atoms with Gasteiger partial charge in [0.15, 0.2) is 0 Å². The molecule has 0 saturated carbocycles. The number of ether oxygens (including phenoxy) is 1. The summed E-state index contributed by atoms with van der Waals surface area (Å²) in [5, 5.41) is 15.6. The van der Waals surface area contributed by atoms with Crippen molar-refractivity contribution < 1.29 is 23.6 Å². The van der Waals surface area contributed by atoms with Gasteiger partial charge in [0.25, 0.3) is 0 Å². The number of nitro groups is 1. The minimum Gasteiger partial charge on any atom is -0.456 e. The standard InChI is InChI=1S/C20H16FN3O5S/c1-12-4-2-3-5-16(12)23-18(25)9-19-22-14(11-30-19)10-29-20(26)13-6-7-17(24(27)28)15(21)8-13/h2-8,11H,9-10H2,1H3,(H,23,25). The van der Waals surface area contributed by atoms with Crippen LogP contribution < -0.4 is 5.32 Å². The number of esters is 1. The molecule has 1 heterocycles. The maximum atomic E-state index is 13.6. The van der Waals surface area contributed by atoms with Crippen LogP contribution in [0.15, 0.2) is 47.8 Å². The number of carbonyl (C=O) groups excluding carboxylic acids is 2. The van der Waals surface area contributed by atoms with Crippen LogP contribution in [0.25, 0.3) is 0 Å². The van der Waals surface area contributed by atoms with Crippen molar-refractivity contribution in [2.75, 3.05) is 5.32 Å². The number of benzene rings is 2. The van der Waals surface area contributed by atoms with E-state index in [2.05, 4.69) is 10.3 Å². The molecule has 3 aromatic rings. The third-order valence-corrected chi connectivity index (χ3v) is 4.96. The van der Waals surface area contributed by atoms with E-state index >= 15 is 0 Å². The SMILES string of the molecule is Cc1ccccc1NC(=O)Cc1nc(COC(=O)c2ccc([N+](=O)[O-])c(F)c2)cs1. The molecule has 0 bridgehead atoms. The Morgan fingerprint density at radius 1 is 1.27 bits per heavy atom. The Bertz CT molecular complexity index is 1120. The minimum atomic E-state index is -1.12. The molecular formula is C20H16FN3O5S. The number of aromatic nitrogens is 1. The maximum absolute atomic E-state index is 13.6. The van der Waals surface area contributed by atoms with E-state index in [1.54, 1.807) is 11.4 Å². The summed E-state index contributed by atoms with van der Waals surface area (Å²) < 4.78 is 18.7. The van der Waals surface area contributed by atoms with Crippen molar-refractivity contribution in [1.82, 2.24) is 4.98 Å². The van der Waals surface area contributed by atoms with Crippen molar-refractivity contribution in [3.05, 3.63) is 85.6 Å². The third kappa shape index (κ3) is 5.23. The van der Waals surface area contributed by atoms with Crippen LogP contribution in [0.3, 0.4) is 0 Å². The smallest absolute Gasteiger partial charge is 0.338 e. The summed E-state index contributed by atoms with van der Waals surface area (Å²) in [6.45, 7) is 1.72. The fourth-order valence-electron chi connectivity index (χ4n) is 2.55. The lowest BCUT2D eigenvalue weighted by atomic mass is 10.2. The normalized spacial score (nSPS) is 10.5. The van der Waals surface area contributed by atoms with Crippen molar-refractivity contribution >= 4 is 34.6 Å². The second-order valence-corrected chi connectivity index (χ2v) is 7.21. The van der Waals surface area contributed by atoms with Crippen LogP contribution in [-0.2, 0) is 22.6 Å². The molecular weight excluding hydrogens is 413 g/mol. The van der Waals surface area contributed by atoms with E-state index in [0.29, 0.717) is 10.7 Å². The highest BCUT2D eigenvalue weighted by Gasteiger charge is 2.18. The van der Waals surface area contributed by atoms with Gasteiger partial charge < -0.3 is 10.1 Å². The number of hydrogen-bond acceptors (Lipinski definition) is 7. The molecule has 8 nitrogen and oxygen atoms in total. The Labute approximate surface area is 174 Å². The number of nitrogens with zero attached hydrogens (tertiary/aromatic N) is 2. The molecule has 0 radical (unpaired) electrons. The number of rotatable bonds is 7. The van der Waals surface area contributed by atoms with Gasteiger partial charge in [0.1, 0.15) is 11.6 Å². The number of halogens is 1. The van der Waals surface area contributed by atoms with Crippen LogP contribution in [-0.4, -0.2) is 21.8 Å². The van der Waals surface area contributed by atoms with E-state index in [-0.39, 0.29) is 24.5 Å². The Kier molecular flexibility index (Phi) is 6.48. The van der Waals surface area contributed by atoms with Gasteiger partial charge in [-0.1, -0.05) is 18.2 Å². The molecule has 10 heteroatoms. The zero-order valence-corrected chi connectivity index (χ0v) is 16.6. The molecule has 3 rings (SSSR count). The van der Waals surface area contributed by atoms with E-state index in [1.165, 1.54) is 11.3 Å². The average molecular weight is 429 g/mol. The van der Waals surface area contributed by atoms with Gasteiger partial charge >= 0.3 is 11.7 Å². The van der Waals surface area contributed by atoms with Gasteiger partial charge in [-0.2, -0.15) is 4.39 Å². The Morgan fingerprint density at radius 2 is 2.03 bits per heavy atom. The van der Waals surface area contributed by atoms with Crippen molar-refractivity contribution in [3.63, 3.8) is 0 Å². The number of aryl methyl sites for hydroxylation is 1. The molecule has 1 amide bonds. The molecule has 0 atom stereocenters. The third-order valence-electron chi connectivity index (χ3n) is 4.06. The van der Waals surface area contributed by atoms with E-state index in [4.69, 9.17) is 4.74 Å². The topological polar surface area (TPSA) is 111 Å². The van der Waals surface area contributed by atoms with Gasteiger partial charge in [0, 0.05) is 17.1 Å². The highest BCUT2D eigenvalue weighted by molar-refractivity contribution is 7.09. The highest BCUT2D eigenvalue weighted by Crippen LogP contribution is 2.19. The van der Waals surface area contributed by atoms with Crippen LogP contribution in [0.4, 0.5) is 15.8 Å². The summed E-state index contributed by atoms with van der Waals surface area (Å²) in [5.41, 5.74) is 1.24. The van der Waals surface area contributed by atoms with Gasteiger partial charge in [-0.3, -0.25) is 14.9 Å². The molecule has 0 aliphatic rings. The zero-order chi connectivity index (χ0) is 21.7. The summed E-state index contributed by atoms with van der Waals surface area (Å²) >= 11 is 1.25. The molecule has 0 saturated heterocycles. The zero-order valence-electron chi connectivity index (χ0n) is 15.8. The molecule has 0 aliphatic heterocycles. The number of para-hydroxylation sites is 1. The first-order valence-corrected chi connectivity index (χ1v) is 9.61. The van der Waals surface area contributed by atoms with Gasteiger partial charge in [-0.15, -0.1) is 11.3 Å². The largest absolute Gasteiger partial charge is 0.456 e. The van der Waals surface area contributed by atoms with Crippen molar-refractivity contribution in [1.29, 1.82) is 0 Å². The fourth-order valence-corrected chi connectivity index (χ4v) is 3.32. The van der Waals surface area contributed by atoms with E-state index < -0.39 is 22.4 Å². The fraction of sp³-hybridized carbons (Fsp3) is 0.150. The van der Waals surface area contributed by atoms with Crippen LogP contribution >= 0.6 is 11.3 Å². The number of nitrogens with one attached hydrogen (secondary N) is 1. The molecule has 0 aliphatic carbocycles. The van der Waals surface area contributed by atoms with Gasteiger partial charge in [-0.05, 0) is 30.7 Å². The first-order valence-electron chi connectivity index (χ1n) is 8.73. The first kappa shape index (κ1) is 21.1. The molecule has 30 heavy (non-hydrogen) atoms. The summed E-state index contributed by atoms with van der Waals surface area (Å²) in [5.74, 6) is -2.18. The van der Waals surface area contributed by atoms with E-state index in [0.717, 1.165) is 29.4 Å². The van der Waals surface area contributed by atoms with E-state index in [9.17, 15) is 24.1 Å². The first-order chi connectivity index (χ1) is 14.3. The number of amides is 1. The second kappa shape index (κ2) is 9.23. The van der Waals surface area contributed by atoms with Crippen molar-refractivity contribution in [3.8, 4) is 0 Å². The molecule has 0 spiro atoms. The summed E-state index contributed by atoms with van der Waals surface area (Å²) in [7, 11) is 0. The lowest BCUT2D eigenvalue weighted by molar-refractivity contribution is -0.387. The summed E-state index contributed by atoms with van der Waals surface area (Å²) in [6, 6.07) is 10.2. The minimum absolute atomic E-state index is 0.0700. The van der Waals surface area contributed by atoms with Crippen LogP contribution in [0.5, 0.6) is 0 Å². The average Bonchev–Trinajstić information content (AvgIpc) is 3.14. The molecule has 1 N–H and O–H groups in total. The van der Waals surface area contributed by atoms with Crippen molar-refractivity contribution in [2.24, 2.45) is 0 Å². The van der Waals surface area contributed by atoms with Gasteiger partial charge in [0.2, 0.25) is 11.7 Å². The van der Waals surface area contributed by atoms with Gasteiger partial charge in [0.05, 0.1) is 22.6 Å². The lowest BCUT2D eigenvalue weighted by Crippen LogP contribution is -2.15. The Hall–Kier alpha value is -3.66. The van der Waals surface area contributed by atoms with E-state index in [1.807, 2.05) is 25.1 Å². The highest BCUT2D eigenvalue weighted by atomic mass is 32.1. The number of hydrogen-bond donors (Lipinski definition) is 1. The summed E-state index contributed by atoms with van der Waals surface area (Å²) in [6.07, 6.45) is 0.0700. The number of thiazole rings is 1. The number of nitro benzene ring substituents is 1. The Morgan fingerprint density at radius 3 is 2.73 bits per heavy atom. The lowest BCUT2D eigenvalue weighted by Gasteiger charge is -2.06. The quantitative estimate of drug-likeness (QED) is 0.345. The van der Waals surface area contributed by atoms with Crippen molar-refractivity contribution in [2.45, 2.75) is 20.0 Å². The number of anilines is 1. The molecule has 2 aromatic carbocycles. The van der Waals surface area contributed by atoms with Crippen LogP contribution in [0.2, 0.25) is 0 Å². The molecule has 154 valence electrons. The number of carbonyl (C=O) groups is 2. The van der Waals surface area contributed by atoms with Crippen LogP contribution in [0, 0.1) is 22.9 Å². The summed E-state index contributed by atoms with van der Waals surface area (Å²) in [4.78, 5) is 38.2. The monoisotopic (exact) mass is 429 g/mol.